The Balaban J connectivity index is 4.34. The molecular formula is C80H120NO8P. The maximum absolute atomic E-state index is 12.8. The van der Waals surface area contributed by atoms with Gasteiger partial charge in [-0.25, -0.2) is 0 Å². The van der Waals surface area contributed by atoms with Gasteiger partial charge < -0.3 is 27.9 Å². The molecule has 9 nitrogen and oxygen atoms in total. The Morgan fingerprint density at radius 2 is 0.589 bits per heavy atom. The maximum Gasteiger partial charge on any atom is 0.306 e. The van der Waals surface area contributed by atoms with E-state index < -0.39 is 32.5 Å². The van der Waals surface area contributed by atoms with E-state index in [0.717, 1.165) is 154 Å². The van der Waals surface area contributed by atoms with Crippen molar-refractivity contribution in [3.63, 3.8) is 0 Å². The number of esters is 2. The fraction of sp³-hybridized carbons (Fsp3) is 0.475. The van der Waals surface area contributed by atoms with Crippen LogP contribution in [-0.2, 0) is 32.7 Å². The van der Waals surface area contributed by atoms with Crippen LogP contribution in [0, 0.1) is 0 Å². The van der Waals surface area contributed by atoms with Crippen LogP contribution in [0.3, 0.4) is 0 Å². The number of unbranched alkanes of at least 4 members (excludes halogenated alkanes) is 4. The quantitative estimate of drug-likeness (QED) is 0.0195. The van der Waals surface area contributed by atoms with Crippen molar-refractivity contribution in [3.05, 3.63) is 243 Å². The van der Waals surface area contributed by atoms with Crippen molar-refractivity contribution in [1.29, 1.82) is 0 Å². The van der Waals surface area contributed by atoms with Crippen LogP contribution in [0.1, 0.15) is 194 Å². The lowest BCUT2D eigenvalue weighted by Crippen LogP contribution is -2.37. The monoisotopic (exact) mass is 1250 g/mol. The summed E-state index contributed by atoms with van der Waals surface area (Å²) in [5.74, 6) is -0.961. The topological polar surface area (TPSA) is 111 Å². The van der Waals surface area contributed by atoms with E-state index in [9.17, 15) is 19.0 Å². The van der Waals surface area contributed by atoms with Crippen LogP contribution in [0.2, 0.25) is 0 Å². The van der Waals surface area contributed by atoms with Gasteiger partial charge >= 0.3 is 11.9 Å². The molecule has 0 saturated carbocycles. The molecule has 0 aliphatic rings. The molecule has 0 saturated heterocycles. The van der Waals surface area contributed by atoms with Gasteiger partial charge in [0.05, 0.1) is 27.7 Å². The first-order valence-electron chi connectivity index (χ1n) is 33.7. The van der Waals surface area contributed by atoms with Crippen LogP contribution in [0.5, 0.6) is 0 Å². The summed E-state index contributed by atoms with van der Waals surface area (Å²) in [4.78, 5) is 38.0. The van der Waals surface area contributed by atoms with E-state index in [1.54, 1.807) is 0 Å². The van der Waals surface area contributed by atoms with Crippen LogP contribution in [0.25, 0.3) is 0 Å². The highest BCUT2D eigenvalue weighted by Gasteiger charge is 2.21. The number of nitrogens with zero attached hydrogens (tertiary/aromatic N) is 1. The van der Waals surface area contributed by atoms with Gasteiger partial charge in [-0.05, 0) is 167 Å². The number of likely N-dealkylation sites (N-methyl/N-ethyl adjacent to an activating group) is 1. The molecule has 0 N–H and O–H groups in total. The Bertz CT molecular complexity index is 2420. The van der Waals surface area contributed by atoms with Crippen LogP contribution in [-0.4, -0.2) is 70.0 Å². The summed E-state index contributed by atoms with van der Waals surface area (Å²) in [6.45, 7) is 3.86. The second-order valence-corrected chi connectivity index (χ2v) is 23.8. The van der Waals surface area contributed by atoms with Gasteiger partial charge in [0.15, 0.2) is 6.10 Å². The molecule has 2 atom stereocenters. The number of hydrogen-bond donors (Lipinski definition) is 0. The van der Waals surface area contributed by atoms with Crippen LogP contribution < -0.4 is 4.89 Å². The summed E-state index contributed by atoms with van der Waals surface area (Å²) in [7, 11) is 1.07. The summed E-state index contributed by atoms with van der Waals surface area (Å²) in [6, 6.07) is 0. The zero-order valence-corrected chi connectivity index (χ0v) is 57.4. The fourth-order valence-corrected chi connectivity index (χ4v) is 8.50. The standard InChI is InChI=1S/C80H120NO8P/c1-6-8-10-12-14-16-18-20-22-24-26-28-30-32-34-35-36-37-38-39-40-41-42-43-44-45-47-49-51-53-55-57-59-61-63-65-67-69-71-73-80(83)89-78(77-88-90(84,85)87-75-74-81(3,4)5)76-86-79(82)72-70-68-66-64-62-60-58-56-54-52-50-48-46-33-31-29-27-25-23-21-19-17-15-13-11-9-7-2/h8-11,14-17,20-23,26-29,32-34,36-37,39-40,42-43,45-47,50-53,56-59,62-65,78H,6-7,12-13,18-19,24-25,30-31,35,38,41,44,48-49,54-55,60-61,66-77H2,1-5H3/b10-8-,11-9-,16-14-,17-15-,22-20-,23-21-,28-26-,29-27-,34-32-,37-36-,40-39-,43-42-,46-33-,47-45-,52-50-,53-51-,58-56-,59-57-,64-62-,65-63-. The smallest absolute Gasteiger partial charge is 0.306 e. The molecule has 0 aliphatic heterocycles. The second kappa shape index (κ2) is 67.2. The lowest BCUT2D eigenvalue weighted by Gasteiger charge is -2.28. The first-order chi connectivity index (χ1) is 44.0. The molecule has 0 aromatic heterocycles. The largest absolute Gasteiger partial charge is 0.756 e. The Morgan fingerprint density at radius 3 is 0.844 bits per heavy atom. The van der Waals surface area contributed by atoms with Gasteiger partial charge in [0.2, 0.25) is 0 Å². The highest BCUT2D eigenvalue weighted by Crippen LogP contribution is 2.38. The molecule has 0 aliphatic carbocycles. The van der Waals surface area contributed by atoms with Crippen LogP contribution in [0.4, 0.5) is 0 Å². The number of allylic oxidation sites excluding steroid dienone is 40. The number of quaternary nitrogens is 1. The molecule has 90 heavy (non-hydrogen) atoms. The summed E-state index contributed by atoms with van der Waals surface area (Å²) in [5.41, 5.74) is 0. The van der Waals surface area contributed by atoms with Gasteiger partial charge in [-0.15, -0.1) is 0 Å². The normalized spacial score (nSPS) is 14.7. The number of hydrogen-bond acceptors (Lipinski definition) is 8. The van der Waals surface area contributed by atoms with Crippen molar-refractivity contribution in [2.24, 2.45) is 0 Å². The molecule has 0 aromatic carbocycles. The molecule has 0 fully saturated rings. The Morgan fingerprint density at radius 1 is 0.344 bits per heavy atom. The molecular weight excluding hydrogens is 1130 g/mol. The van der Waals surface area contributed by atoms with Gasteiger partial charge in [-0.3, -0.25) is 14.2 Å². The van der Waals surface area contributed by atoms with Crippen molar-refractivity contribution in [1.82, 2.24) is 0 Å². The highest BCUT2D eigenvalue weighted by molar-refractivity contribution is 7.45. The zero-order chi connectivity index (χ0) is 65.5. The summed E-state index contributed by atoms with van der Waals surface area (Å²) < 4.78 is 34.1. The Kier molecular flexibility index (Phi) is 62.6. The van der Waals surface area contributed by atoms with E-state index in [4.69, 9.17) is 18.5 Å². The zero-order valence-electron chi connectivity index (χ0n) is 56.5. The molecule has 0 spiro atoms. The molecule has 0 radical (unpaired) electrons. The van der Waals surface area contributed by atoms with E-state index in [1.807, 2.05) is 21.1 Å². The molecule has 0 heterocycles. The van der Waals surface area contributed by atoms with Gasteiger partial charge in [0.25, 0.3) is 7.82 Å². The lowest BCUT2D eigenvalue weighted by molar-refractivity contribution is -0.870. The number of ether oxygens (including phenoxy) is 2. The molecule has 498 valence electrons. The fourth-order valence-electron chi connectivity index (χ4n) is 7.77. The van der Waals surface area contributed by atoms with E-state index >= 15 is 0 Å². The molecule has 2 unspecified atom stereocenters. The Hall–Kier alpha value is -6.19. The van der Waals surface area contributed by atoms with Crippen molar-refractivity contribution in [3.8, 4) is 0 Å². The van der Waals surface area contributed by atoms with Gasteiger partial charge in [0.1, 0.15) is 19.8 Å². The van der Waals surface area contributed by atoms with Gasteiger partial charge in [0, 0.05) is 12.8 Å². The maximum atomic E-state index is 12.8. The van der Waals surface area contributed by atoms with Gasteiger partial charge in [-0.2, -0.15) is 0 Å². The average molecular weight is 1250 g/mol. The number of phosphoric acid groups is 1. The SMILES string of the molecule is CC/C=C\C/C=C\C/C=C\C/C=C\C/C=C\C/C=C\C/C=C\C/C=C\C/C=C\C/C=C\C/C=C\C/C=C\CCCCC(=O)OC(COC(=O)CCCC/C=C\C/C=C\C/C=C\C/C=C\C/C=C\C/C=C\C/C=C\C/C=C\CC)COP(=O)([O-])OCC[N+](C)(C)C. The third-order valence-corrected chi connectivity index (χ3v) is 13.8. The lowest BCUT2D eigenvalue weighted by atomic mass is 10.1. The molecule has 0 amide bonds. The van der Waals surface area contributed by atoms with E-state index in [-0.39, 0.29) is 26.1 Å². The molecule has 0 aromatic rings. The van der Waals surface area contributed by atoms with E-state index in [1.165, 1.54) is 0 Å². The average Bonchev–Trinajstić information content (AvgIpc) is 3.58. The highest BCUT2D eigenvalue weighted by atomic mass is 31.2. The summed E-state index contributed by atoms with van der Waals surface area (Å²) >= 11 is 0. The Labute approximate surface area is 549 Å². The number of phosphoric ester groups is 1. The number of carbonyl (C=O) groups excluding carboxylic acids is 2. The molecule has 10 heteroatoms. The van der Waals surface area contributed by atoms with Crippen molar-refractivity contribution in [2.45, 2.75) is 200 Å². The predicted octanol–water partition coefficient (Wildman–Crippen LogP) is 21.7. The third-order valence-electron chi connectivity index (χ3n) is 12.9. The minimum atomic E-state index is -4.68. The molecule has 0 rings (SSSR count). The van der Waals surface area contributed by atoms with Crippen LogP contribution >= 0.6 is 7.82 Å². The summed E-state index contributed by atoms with van der Waals surface area (Å²) in [6.07, 6.45) is 111. The number of carbonyl (C=O) groups is 2. The summed E-state index contributed by atoms with van der Waals surface area (Å²) in [5, 5.41) is 0. The predicted molar refractivity (Wildman–Crippen MR) is 387 cm³/mol. The van der Waals surface area contributed by atoms with E-state index in [2.05, 4.69) is 257 Å². The second-order valence-electron chi connectivity index (χ2n) is 22.4. The first kappa shape index (κ1) is 83.8. The van der Waals surface area contributed by atoms with Crippen molar-refractivity contribution in [2.75, 3.05) is 47.5 Å². The van der Waals surface area contributed by atoms with Crippen LogP contribution in [0.15, 0.2) is 243 Å². The number of rotatable bonds is 58. The van der Waals surface area contributed by atoms with E-state index in [0.29, 0.717) is 23.9 Å². The minimum Gasteiger partial charge on any atom is -0.756 e. The van der Waals surface area contributed by atoms with Crippen molar-refractivity contribution < 1.29 is 42.1 Å². The third kappa shape index (κ3) is 70.9. The van der Waals surface area contributed by atoms with Gasteiger partial charge in [-0.1, -0.05) is 257 Å². The first-order valence-corrected chi connectivity index (χ1v) is 35.2. The van der Waals surface area contributed by atoms with Crippen molar-refractivity contribution >= 4 is 19.8 Å². The minimum absolute atomic E-state index is 0.0619. The molecule has 0 bridgehead atoms.